The topological polar surface area (TPSA) is 61.8 Å². The molecule has 1 unspecified atom stereocenters. The number of nitrogens with zero attached hydrogens (tertiary/aromatic N) is 1. The van der Waals surface area contributed by atoms with Gasteiger partial charge >= 0.3 is 0 Å². The van der Waals surface area contributed by atoms with Crippen LogP contribution in [0.3, 0.4) is 0 Å². The van der Waals surface area contributed by atoms with Crippen LogP contribution in [0, 0.1) is 0 Å². The summed E-state index contributed by atoms with van der Waals surface area (Å²) in [6.45, 7) is 10.8. The lowest BCUT2D eigenvalue weighted by Gasteiger charge is -2.27. The molecule has 0 spiro atoms. The van der Waals surface area contributed by atoms with Crippen molar-refractivity contribution in [2.75, 3.05) is 25.0 Å². The summed E-state index contributed by atoms with van der Waals surface area (Å²) in [5, 5.41) is 12.8. The SMILES string of the molecule is C=CCN(CC(O)COc1ccc(NC(C)=O)cc1)C(C)C. The number of aliphatic hydroxyl groups is 1. The summed E-state index contributed by atoms with van der Waals surface area (Å²) in [5.41, 5.74) is 0.720. The van der Waals surface area contributed by atoms with Gasteiger partial charge in [-0.2, -0.15) is 0 Å². The second-order valence-electron chi connectivity index (χ2n) is 5.51. The molecule has 0 saturated heterocycles. The van der Waals surface area contributed by atoms with Crippen LogP contribution in [0.1, 0.15) is 20.8 Å². The Morgan fingerprint density at radius 1 is 1.41 bits per heavy atom. The van der Waals surface area contributed by atoms with E-state index in [1.807, 2.05) is 6.08 Å². The monoisotopic (exact) mass is 306 g/mol. The largest absolute Gasteiger partial charge is 0.491 e. The van der Waals surface area contributed by atoms with Gasteiger partial charge < -0.3 is 15.2 Å². The van der Waals surface area contributed by atoms with E-state index in [0.717, 1.165) is 12.2 Å². The van der Waals surface area contributed by atoms with Gasteiger partial charge in [0.05, 0.1) is 0 Å². The van der Waals surface area contributed by atoms with Gasteiger partial charge in [0.15, 0.2) is 0 Å². The number of rotatable bonds is 9. The molecular formula is C17H26N2O3. The first-order valence-electron chi connectivity index (χ1n) is 7.45. The van der Waals surface area contributed by atoms with Gasteiger partial charge in [-0.3, -0.25) is 9.69 Å². The fraction of sp³-hybridized carbons (Fsp3) is 0.471. The number of nitrogens with one attached hydrogen (secondary N) is 1. The smallest absolute Gasteiger partial charge is 0.221 e. The van der Waals surface area contributed by atoms with Crippen LogP contribution < -0.4 is 10.1 Å². The van der Waals surface area contributed by atoms with Gasteiger partial charge in [0.25, 0.3) is 0 Å². The molecule has 0 saturated carbocycles. The molecule has 0 bridgehead atoms. The number of carbonyl (C=O) groups is 1. The molecule has 1 aromatic rings. The Morgan fingerprint density at radius 3 is 2.55 bits per heavy atom. The Morgan fingerprint density at radius 2 is 2.05 bits per heavy atom. The summed E-state index contributed by atoms with van der Waals surface area (Å²) in [5.74, 6) is 0.549. The van der Waals surface area contributed by atoms with Crippen LogP contribution in [-0.4, -0.2) is 47.8 Å². The van der Waals surface area contributed by atoms with Gasteiger partial charge in [0.2, 0.25) is 5.91 Å². The van der Waals surface area contributed by atoms with Gasteiger partial charge in [-0.05, 0) is 38.1 Å². The Kier molecular flexibility index (Phi) is 7.63. The molecule has 1 rings (SSSR count). The van der Waals surface area contributed by atoms with E-state index in [0.29, 0.717) is 18.3 Å². The zero-order valence-corrected chi connectivity index (χ0v) is 13.6. The first kappa shape index (κ1) is 18.2. The predicted octanol–water partition coefficient (Wildman–Crippen LogP) is 2.28. The van der Waals surface area contributed by atoms with E-state index in [-0.39, 0.29) is 12.5 Å². The molecule has 1 amide bonds. The second kappa shape index (κ2) is 9.23. The molecule has 0 aromatic heterocycles. The Labute approximate surface area is 132 Å². The average molecular weight is 306 g/mol. The number of aliphatic hydroxyl groups excluding tert-OH is 1. The molecule has 0 aliphatic carbocycles. The second-order valence-corrected chi connectivity index (χ2v) is 5.51. The quantitative estimate of drug-likeness (QED) is 0.687. The molecule has 0 radical (unpaired) electrons. The predicted molar refractivity (Wildman–Crippen MR) is 89.2 cm³/mol. The van der Waals surface area contributed by atoms with E-state index >= 15 is 0 Å². The standard InChI is InChI=1S/C17H26N2O3/c1-5-10-19(13(2)3)11-16(21)12-22-17-8-6-15(7-9-17)18-14(4)20/h5-9,13,16,21H,1,10-12H2,2-4H3,(H,18,20). The maximum Gasteiger partial charge on any atom is 0.221 e. The number of carbonyl (C=O) groups excluding carboxylic acids is 1. The van der Waals surface area contributed by atoms with Crippen LogP contribution in [0.25, 0.3) is 0 Å². The third kappa shape index (κ3) is 6.74. The summed E-state index contributed by atoms with van der Waals surface area (Å²) in [6.07, 6.45) is 1.26. The number of benzene rings is 1. The number of hydrogen-bond acceptors (Lipinski definition) is 4. The number of hydrogen-bond donors (Lipinski definition) is 2. The van der Waals surface area contributed by atoms with Crippen molar-refractivity contribution in [1.29, 1.82) is 0 Å². The lowest BCUT2D eigenvalue weighted by molar-refractivity contribution is -0.114. The first-order chi connectivity index (χ1) is 10.4. The van der Waals surface area contributed by atoms with E-state index in [2.05, 4.69) is 30.6 Å². The van der Waals surface area contributed by atoms with Crippen molar-refractivity contribution < 1.29 is 14.6 Å². The van der Waals surface area contributed by atoms with Gasteiger partial charge in [0, 0.05) is 31.7 Å². The minimum absolute atomic E-state index is 0.111. The number of ether oxygens (including phenoxy) is 1. The molecular weight excluding hydrogens is 280 g/mol. The van der Waals surface area contributed by atoms with Gasteiger partial charge in [-0.15, -0.1) is 6.58 Å². The highest BCUT2D eigenvalue weighted by molar-refractivity contribution is 5.88. The molecule has 0 aliphatic rings. The van der Waals surface area contributed by atoms with E-state index in [1.165, 1.54) is 6.92 Å². The molecule has 22 heavy (non-hydrogen) atoms. The summed E-state index contributed by atoms with van der Waals surface area (Å²) in [4.78, 5) is 13.1. The fourth-order valence-electron chi connectivity index (χ4n) is 2.02. The first-order valence-corrected chi connectivity index (χ1v) is 7.45. The zero-order valence-electron chi connectivity index (χ0n) is 13.6. The van der Waals surface area contributed by atoms with Crippen LogP contribution in [0.15, 0.2) is 36.9 Å². The molecule has 0 aliphatic heterocycles. The molecule has 0 heterocycles. The molecule has 2 N–H and O–H groups in total. The summed E-state index contributed by atoms with van der Waals surface area (Å²) in [7, 11) is 0. The highest BCUT2D eigenvalue weighted by Gasteiger charge is 2.14. The minimum atomic E-state index is -0.572. The lowest BCUT2D eigenvalue weighted by Crippen LogP contribution is -2.39. The van der Waals surface area contributed by atoms with Crippen LogP contribution in [0.4, 0.5) is 5.69 Å². The molecule has 5 heteroatoms. The Hall–Kier alpha value is -1.85. The van der Waals surface area contributed by atoms with Crippen molar-refractivity contribution in [2.45, 2.75) is 32.9 Å². The van der Waals surface area contributed by atoms with E-state index < -0.39 is 6.10 Å². The number of anilines is 1. The molecule has 1 aromatic carbocycles. The third-order valence-electron chi connectivity index (χ3n) is 3.16. The van der Waals surface area contributed by atoms with Crippen molar-refractivity contribution in [3.05, 3.63) is 36.9 Å². The summed E-state index contributed by atoms with van der Waals surface area (Å²) >= 11 is 0. The van der Waals surface area contributed by atoms with Crippen molar-refractivity contribution in [3.8, 4) is 5.75 Å². The average Bonchev–Trinajstić information content (AvgIpc) is 2.45. The van der Waals surface area contributed by atoms with E-state index in [9.17, 15) is 9.90 Å². The van der Waals surface area contributed by atoms with Crippen LogP contribution in [-0.2, 0) is 4.79 Å². The van der Waals surface area contributed by atoms with Crippen LogP contribution in [0.5, 0.6) is 5.75 Å². The van der Waals surface area contributed by atoms with E-state index in [4.69, 9.17) is 4.74 Å². The Bertz CT molecular complexity index is 471. The van der Waals surface area contributed by atoms with Gasteiger partial charge in [-0.25, -0.2) is 0 Å². The lowest BCUT2D eigenvalue weighted by atomic mass is 10.2. The van der Waals surface area contributed by atoms with Crippen LogP contribution >= 0.6 is 0 Å². The normalized spacial score (nSPS) is 12.3. The van der Waals surface area contributed by atoms with Crippen LogP contribution in [0.2, 0.25) is 0 Å². The van der Waals surface area contributed by atoms with Crippen molar-refractivity contribution in [2.24, 2.45) is 0 Å². The maximum atomic E-state index is 10.9. The highest BCUT2D eigenvalue weighted by atomic mass is 16.5. The maximum absolute atomic E-state index is 10.9. The molecule has 0 fully saturated rings. The highest BCUT2D eigenvalue weighted by Crippen LogP contribution is 2.16. The van der Waals surface area contributed by atoms with Gasteiger partial charge in [0.1, 0.15) is 18.5 Å². The Balaban J connectivity index is 2.44. The fourth-order valence-corrected chi connectivity index (χ4v) is 2.02. The van der Waals surface area contributed by atoms with Crippen molar-refractivity contribution in [1.82, 2.24) is 4.90 Å². The molecule has 122 valence electrons. The number of amides is 1. The van der Waals surface area contributed by atoms with E-state index in [1.54, 1.807) is 24.3 Å². The zero-order chi connectivity index (χ0) is 16.5. The van der Waals surface area contributed by atoms with Crippen molar-refractivity contribution in [3.63, 3.8) is 0 Å². The molecule has 5 nitrogen and oxygen atoms in total. The summed E-state index contributed by atoms with van der Waals surface area (Å²) in [6, 6.07) is 7.40. The summed E-state index contributed by atoms with van der Waals surface area (Å²) < 4.78 is 5.57. The van der Waals surface area contributed by atoms with Gasteiger partial charge in [-0.1, -0.05) is 6.08 Å². The molecule has 1 atom stereocenters. The third-order valence-corrected chi connectivity index (χ3v) is 3.16. The minimum Gasteiger partial charge on any atom is -0.491 e. The van der Waals surface area contributed by atoms with Crippen molar-refractivity contribution >= 4 is 11.6 Å².